The highest BCUT2D eigenvalue weighted by Gasteiger charge is 2.46. The molecule has 1 N–H and O–H groups in total. The van der Waals surface area contributed by atoms with Crippen molar-refractivity contribution < 1.29 is 14.3 Å². The van der Waals surface area contributed by atoms with E-state index >= 15 is 0 Å². The highest BCUT2D eigenvalue weighted by molar-refractivity contribution is 5.81. The predicted molar refractivity (Wildman–Crippen MR) is 77.7 cm³/mol. The largest absolute Gasteiger partial charge is 0.465 e. The van der Waals surface area contributed by atoms with Crippen molar-refractivity contribution in [1.29, 1.82) is 0 Å². The van der Waals surface area contributed by atoms with E-state index in [-0.39, 0.29) is 5.97 Å². The molecule has 2 rings (SSSR count). The summed E-state index contributed by atoms with van der Waals surface area (Å²) in [5, 5.41) is 3.21. The molecule has 2 fully saturated rings. The minimum absolute atomic E-state index is 0.101. The lowest BCUT2D eigenvalue weighted by atomic mass is 9.97. The van der Waals surface area contributed by atoms with Crippen LogP contribution in [0, 0.1) is 0 Å². The van der Waals surface area contributed by atoms with E-state index in [1.807, 2.05) is 14.0 Å². The summed E-state index contributed by atoms with van der Waals surface area (Å²) in [6.07, 6.45) is 5.41. The van der Waals surface area contributed by atoms with Gasteiger partial charge in [0.25, 0.3) is 0 Å². The number of hydrogen-bond acceptors (Lipinski definition) is 5. The first-order valence-electron chi connectivity index (χ1n) is 7.79. The lowest BCUT2D eigenvalue weighted by Crippen LogP contribution is -2.50. The Hall–Kier alpha value is -0.650. The normalized spacial score (nSPS) is 33.8. The summed E-state index contributed by atoms with van der Waals surface area (Å²) in [6.45, 7) is 4.16. The molecule has 116 valence electrons. The first-order chi connectivity index (χ1) is 9.61. The van der Waals surface area contributed by atoms with Crippen molar-refractivity contribution in [3.8, 4) is 0 Å². The molecular formula is C15H28N2O3. The SMILES string of the molecule is CCOC(=O)C1(NC)CCC(N(C)CC2CCCO2)C1. The smallest absolute Gasteiger partial charge is 0.326 e. The van der Waals surface area contributed by atoms with Crippen LogP contribution in [0.5, 0.6) is 0 Å². The number of rotatable bonds is 6. The van der Waals surface area contributed by atoms with Crippen LogP contribution in [0.1, 0.15) is 39.0 Å². The molecule has 5 nitrogen and oxygen atoms in total. The van der Waals surface area contributed by atoms with E-state index in [9.17, 15) is 4.79 Å². The summed E-state index contributed by atoms with van der Waals surface area (Å²) < 4.78 is 10.9. The van der Waals surface area contributed by atoms with Gasteiger partial charge in [0.15, 0.2) is 0 Å². The lowest BCUT2D eigenvalue weighted by molar-refractivity contribution is -0.151. The van der Waals surface area contributed by atoms with Crippen molar-refractivity contribution in [3.05, 3.63) is 0 Å². The molecule has 0 aromatic carbocycles. The molecule has 1 saturated heterocycles. The van der Waals surface area contributed by atoms with E-state index in [0.717, 1.165) is 38.8 Å². The summed E-state index contributed by atoms with van der Waals surface area (Å²) in [6, 6.07) is 0.427. The Kier molecular flexibility index (Phi) is 5.41. The zero-order chi connectivity index (χ0) is 14.6. The molecule has 5 heteroatoms. The summed E-state index contributed by atoms with van der Waals surface area (Å²) in [4.78, 5) is 14.5. The Morgan fingerprint density at radius 2 is 2.30 bits per heavy atom. The van der Waals surface area contributed by atoms with Gasteiger partial charge in [-0.3, -0.25) is 4.79 Å². The third-order valence-electron chi connectivity index (χ3n) is 4.77. The number of nitrogens with one attached hydrogen (secondary N) is 1. The molecule has 1 aliphatic heterocycles. The second-order valence-electron chi connectivity index (χ2n) is 6.02. The van der Waals surface area contributed by atoms with E-state index in [1.165, 1.54) is 6.42 Å². The number of ether oxygens (including phenoxy) is 2. The van der Waals surface area contributed by atoms with Gasteiger partial charge < -0.3 is 19.7 Å². The molecule has 0 radical (unpaired) electrons. The molecule has 0 amide bonds. The van der Waals surface area contributed by atoms with Crippen molar-refractivity contribution in [2.24, 2.45) is 0 Å². The van der Waals surface area contributed by atoms with Crippen LogP contribution in [0.4, 0.5) is 0 Å². The van der Waals surface area contributed by atoms with E-state index in [1.54, 1.807) is 0 Å². The topological polar surface area (TPSA) is 50.8 Å². The quantitative estimate of drug-likeness (QED) is 0.742. The van der Waals surface area contributed by atoms with Crippen LogP contribution in [0.3, 0.4) is 0 Å². The van der Waals surface area contributed by atoms with Crippen molar-refractivity contribution in [1.82, 2.24) is 10.2 Å². The molecule has 1 aliphatic carbocycles. The molecule has 1 saturated carbocycles. The molecule has 0 aromatic heterocycles. The number of carbonyl (C=O) groups excluding carboxylic acids is 1. The molecule has 0 aromatic rings. The van der Waals surface area contributed by atoms with Crippen LogP contribution in [-0.4, -0.2) is 62.4 Å². The van der Waals surface area contributed by atoms with Crippen molar-refractivity contribution >= 4 is 5.97 Å². The highest BCUT2D eigenvalue weighted by atomic mass is 16.5. The van der Waals surface area contributed by atoms with Gasteiger partial charge in [-0.15, -0.1) is 0 Å². The Balaban J connectivity index is 1.90. The molecular weight excluding hydrogens is 256 g/mol. The number of esters is 1. The van der Waals surface area contributed by atoms with Gasteiger partial charge in [-0.1, -0.05) is 0 Å². The van der Waals surface area contributed by atoms with E-state index < -0.39 is 5.54 Å². The maximum atomic E-state index is 12.2. The third kappa shape index (κ3) is 3.32. The summed E-state index contributed by atoms with van der Waals surface area (Å²) in [5.74, 6) is -0.101. The number of nitrogens with zero attached hydrogens (tertiary/aromatic N) is 1. The van der Waals surface area contributed by atoms with Gasteiger partial charge in [0.05, 0.1) is 12.7 Å². The van der Waals surface area contributed by atoms with Gasteiger partial charge in [0, 0.05) is 19.2 Å². The Labute approximate surface area is 122 Å². The van der Waals surface area contributed by atoms with Gasteiger partial charge in [-0.25, -0.2) is 0 Å². The monoisotopic (exact) mass is 284 g/mol. The third-order valence-corrected chi connectivity index (χ3v) is 4.77. The predicted octanol–water partition coefficient (Wildman–Crippen LogP) is 1.17. The average Bonchev–Trinajstić information content (AvgIpc) is 3.08. The van der Waals surface area contributed by atoms with Gasteiger partial charge in [-0.2, -0.15) is 0 Å². The summed E-state index contributed by atoms with van der Waals surface area (Å²) in [5.41, 5.74) is -0.495. The number of carbonyl (C=O) groups is 1. The van der Waals surface area contributed by atoms with Crippen LogP contribution in [0.2, 0.25) is 0 Å². The molecule has 3 atom stereocenters. The minimum atomic E-state index is -0.495. The average molecular weight is 284 g/mol. The Morgan fingerprint density at radius 3 is 2.90 bits per heavy atom. The zero-order valence-electron chi connectivity index (χ0n) is 13.0. The molecule has 0 bridgehead atoms. The van der Waals surface area contributed by atoms with Gasteiger partial charge in [-0.05, 0) is 53.1 Å². The molecule has 3 unspecified atom stereocenters. The van der Waals surface area contributed by atoms with Crippen molar-refractivity contribution in [2.75, 3.05) is 33.9 Å². The lowest BCUT2D eigenvalue weighted by Gasteiger charge is -2.30. The summed E-state index contributed by atoms with van der Waals surface area (Å²) in [7, 11) is 4.00. The first-order valence-corrected chi connectivity index (χ1v) is 7.79. The standard InChI is InChI=1S/C15H28N2O3/c1-4-19-14(18)15(16-2)8-7-12(10-15)17(3)11-13-6-5-9-20-13/h12-13,16H,4-11H2,1-3H3. The van der Waals surface area contributed by atoms with Crippen molar-refractivity contribution in [3.63, 3.8) is 0 Å². The first kappa shape index (κ1) is 15.7. The summed E-state index contributed by atoms with van der Waals surface area (Å²) >= 11 is 0. The van der Waals surface area contributed by atoms with Gasteiger partial charge in [0.1, 0.15) is 5.54 Å². The molecule has 2 aliphatic rings. The molecule has 0 spiro atoms. The van der Waals surface area contributed by atoms with Crippen LogP contribution >= 0.6 is 0 Å². The fourth-order valence-corrected chi connectivity index (χ4v) is 3.44. The maximum absolute atomic E-state index is 12.2. The minimum Gasteiger partial charge on any atom is -0.465 e. The molecule has 20 heavy (non-hydrogen) atoms. The zero-order valence-corrected chi connectivity index (χ0v) is 13.0. The molecule has 1 heterocycles. The second-order valence-corrected chi connectivity index (χ2v) is 6.02. The number of hydrogen-bond donors (Lipinski definition) is 1. The van der Waals surface area contributed by atoms with Gasteiger partial charge in [0.2, 0.25) is 0 Å². The van der Waals surface area contributed by atoms with Gasteiger partial charge >= 0.3 is 5.97 Å². The second kappa shape index (κ2) is 6.87. The number of likely N-dealkylation sites (N-methyl/N-ethyl adjacent to an activating group) is 2. The van der Waals surface area contributed by atoms with Crippen LogP contribution in [0.15, 0.2) is 0 Å². The van der Waals surface area contributed by atoms with Crippen LogP contribution in [-0.2, 0) is 14.3 Å². The van der Waals surface area contributed by atoms with Crippen LogP contribution < -0.4 is 5.32 Å². The van der Waals surface area contributed by atoms with E-state index in [2.05, 4.69) is 17.3 Å². The van der Waals surface area contributed by atoms with E-state index in [0.29, 0.717) is 18.8 Å². The fraction of sp³-hybridized carbons (Fsp3) is 0.933. The van der Waals surface area contributed by atoms with Crippen molar-refractivity contribution in [2.45, 2.75) is 56.7 Å². The highest BCUT2D eigenvalue weighted by Crippen LogP contribution is 2.34. The Morgan fingerprint density at radius 1 is 1.50 bits per heavy atom. The van der Waals surface area contributed by atoms with Crippen LogP contribution in [0.25, 0.3) is 0 Å². The fourth-order valence-electron chi connectivity index (χ4n) is 3.44. The van der Waals surface area contributed by atoms with E-state index in [4.69, 9.17) is 9.47 Å². The maximum Gasteiger partial charge on any atom is 0.326 e. The Bertz CT molecular complexity index is 331.